The lowest BCUT2D eigenvalue weighted by atomic mass is 9.81. The van der Waals surface area contributed by atoms with Gasteiger partial charge in [0.1, 0.15) is 11.8 Å². The van der Waals surface area contributed by atoms with E-state index in [0.29, 0.717) is 23.6 Å². The Hall–Kier alpha value is -2.12. The Morgan fingerprint density at radius 1 is 1.09 bits per heavy atom. The number of fused-ring (bicyclic) bond motifs is 1. The number of benzene rings is 2. The van der Waals surface area contributed by atoms with Crippen LogP contribution in [0.5, 0.6) is 5.75 Å². The van der Waals surface area contributed by atoms with E-state index >= 15 is 0 Å². The summed E-state index contributed by atoms with van der Waals surface area (Å²) in [6, 6.07) is 11.0. The van der Waals surface area contributed by atoms with E-state index in [1.807, 2.05) is 11.8 Å². The predicted molar refractivity (Wildman–Crippen MR) is 125 cm³/mol. The maximum Gasteiger partial charge on any atom is 0.242 e. The average molecular weight is 458 g/mol. The number of aliphatic hydroxyl groups excluding tert-OH is 1. The number of likely N-dealkylation sites (tertiary alicyclic amines) is 1. The molecule has 2 saturated heterocycles. The number of hydrogen-bond acceptors (Lipinski definition) is 5. The van der Waals surface area contributed by atoms with Crippen LogP contribution in [0.2, 0.25) is 5.02 Å². The zero-order valence-electron chi connectivity index (χ0n) is 19.0. The number of aryl methyl sites for hydroxylation is 1. The molecule has 4 unspecified atom stereocenters. The number of carbonyl (C=O) groups is 1. The molecule has 2 heterocycles. The lowest BCUT2D eigenvalue weighted by Gasteiger charge is -2.32. The fourth-order valence-corrected chi connectivity index (χ4v) is 5.14. The first-order valence-corrected chi connectivity index (χ1v) is 11.5. The molecule has 1 amide bonds. The zero-order chi connectivity index (χ0) is 23.2. The van der Waals surface area contributed by atoms with Crippen molar-refractivity contribution in [1.29, 1.82) is 0 Å². The highest BCUT2D eigenvalue weighted by atomic mass is 35.5. The molecule has 7 heteroatoms. The number of amides is 1. The summed E-state index contributed by atoms with van der Waals surface area (Å²) in [5.74, 6) is 0.0161. The number of hydrogen-bond donors (Lipinski definition) is 4. The molecule has 2 aliphatic rings. The molecule has 172 valence electrons. The molecular formula is C25H32ClN3O3. The predicted octanol–water partition coefficient (Wildman–Crippen LogP) is 3.75. The number of phenolic OH excluding ortho intramolecular Hbond substituents is 1. The molecule has 4 N–H and O–H groups in total. The van der Waals surface area contributed by atoms with E-state index in [1.54, 1.807) is 12.1 Å². The summed E-state index contributed by atoms with van der Waals surface area (Å²) in [7, 11) is 0. The van der Waals surface area contributed by atoms with Gasteiger partial charge in [0.05, 0.1) is 12.1 Å². The minimum absolute atomic E-state index is 0.000969. The van der Waals surface area contributed by atoms with Crippen LogP contribution in [0, 0.1) is 12.8 Å². The van der Waals surface area contributed by atoms with E-state index in [1.165, 1.54) is 5.56 Å². The number of aliphatic hydroxyl groups is 1. The molecule has 0 spiro atoms. The first kappa shape index (κ1) is 23.1. The second-order valence-corrected chi connectivity index (χ2v) is 10.3. The number of aromatic hydroxyl groups is 1. The lowest BCUT2D eigenvalue weighted by Crippen LogP contribution is -2.41. The summed E-state index contributed by atoms with van der Waals surface area (Å²) in [4.78, 5) is 15.2. The van der Waals surface area contributed by atoms with Crippen LogP contribution in [-0.2, 0) is 10.2 Å². The number of rotatable bonds is 5. The van der Waals surface area contributed by atoms with Crippen molar-refractivity contribution in [3.05, 3.63) is 63.7 Å². The van der Waals surface area contributed by atoms with Crippen LogP contribution in [0.15, 0.2) is 36.4 Å². The van der Waals surface area contributed by atoms with Gasteiger partial charge in [-0.25, -0.2) is 10.9 Å². The van der Waals surface area contributed by atoms with E-state index in [2.05, 4.69) is 55.9 Å². The van der Waals surface area contributed by atoms with E-state index < -0.39 is 6.04 Å². The van der Waals surface area contributed by atoms with Gasteiger partial charge in [-0.15, -0.1) is 0 Å². The highest BCUT2D eigenvalue weighted by Gasteiger charge is 2.55. The number of nitrogens with one attached hydrogen (secondary N) is 2. The van der Waals surface area contributed by atoms with Crippen molar-refractivity contribution in [3.8, 4) is 5.75 Å². The average Bonchev–Trinajstić information content (AvgIpc) is 3.27. The first-order valence-electron chi connectivity index (χ1n) is 11.2. The van der Waals surface area contributed by atoms with Gasteiger partial charge in [0.2, 0.25) is 5.91 Å². The molecule has 4 rings (SSSR count). The molecule has 2 fully saturated rings. The van der Waals surface area contributed by atoms with Crippen LogP contribution < -0.4 is 10.9 Å². The smallest absolute Gasteiger partial charge is 0.242 e. The number of nitrogens with zero attached hydrogens (tertiary/aromatic N) is 1. The quantitative estimate of drug-likeness (QED) is 0.549. The third-order valence-corrected chi connectivity index (χ3v) is 7.14. The van der Waals surface area contributed by atoms with Gasteiger partial charge in [0.25, 0.3) is 0 Å². The summed E-state index contributed by atoms with van der Waals surface area (Å²) in [5, 5.41) is 20.7. The molecule has 0 saturated carbocycles. The van der Waals surface area contributed by atoms with Crippen molar-refractivity contribution >= 4 is 17.5 Å². The standard InChI is InChI=1S/C25H32ClN3O3/c1-14-12-19(31)17(13-18(14)26)21-20-22(28-27-21)24(32)29(10-5-11-30)23(20)15-6-8-16(9-7-15)25(2,3)4/h6-9,12-13,20-23,27-28,30-31H,5,10-11H2,1-4H3. The molecule has 0 aromatic heterocycles. The van der Waals surface area contributed by atoms with Gasteiger partial charge in [-0.3, -0.25) is 4.79 Å². The van der Waals surface area contributed by atoms with Gasteiger partial charge in [0, 0.05) is 29.7 Å². The monoisotopic (exact) mass is 457 g/mol. The van der Waals surface area contributed by atoms with Crippen molar-refractivity contribution in [2.75, 3.05) is 13.2 Å². The lowest BCUT2D eigenvalue weighted by molar-refractivity contribution is -0.130. The van der Waals surface area contributed by atoms with Crippen LogP contribution >= 0.6 is 11.6 Å². The molecule has 0 aliphatic carbocycles. The van der Waals surface area contributed by atoms with Crippen LogP contribution in [0.3, 0.4) is 0 Å². The molecular weight excluding hydrogens is 426 g/mol. The van der Waals surface area contributed by atoms with E-state index in [-0.39, 0.29) is 41.7 Å². The zero-order valence-corrected chi connectivity index (χ0v) is 19.8. The van der Waals surface area contributed by atoms with E-state index in [9.17, 15) is 15.0 Å². The summed E-state index contributed by atoms with van der Waals surface area (Å²) in [6.45, 7) is 8.88. The second-order valence-electron chi connectivity index (χ2n) is 9.91. The van der Waals surface area contributed by atoms with Crippen LogP contribution in [0.25, 0.3) is 0 Å². The van der Waals surface area contributed by atoms with Crippen molar-refractivity contribution in [1.82, 2.24) is 15.8 Å². The summed E-state index contributed by atoms with van der Waals surface area (Å²) in [6.07, 6.45) is 0.515. The van der Waals surface area contributed by atoms with Crippen LogP contribution in [0.1, 0.15) is 61.5 Å². The maximum absolute atomic E-state index is 13.3. The number of carbonyl (C=O) groups excluding carboxylic acids is 1. The number of hydrazine groups is 1. The maximum atomic E-state index is 13.3. The number of phenols is 1. The van der Waals surface area contributed by atoms with Gasteiger partial charge in [-0.05, 0) is 47.6 Å². The molecule has 32 heavy (non-hydrogen) atoms. The molecule has 2 aromatic carbocycles. The van der Waals surface area contributed by atoms with E-state index in [4.69, 9.17) is 11.6 Å². The summed E-state index contributed by atoms with van der Waals surface area (Å²) < 4.78 is 0. The highest BCUT2D eigenvalue weighted by molar-refractivity contribution is 6.31. The third kappa shape index (κ3) is 4.01. The third-order valence-electron chi connectivity index (χ3n) is 6.73. The van der Waals surface area contributed by atoms with E-state index in [0.717, 1.165) is 11.1 Å². The highest BCUT2D eigenvalue weighted by Crippen LogP contribution is 2.49. The minimum Gasteiger partial charge on any atom is -0.508 e. The normalized spacial score (nSPS) is 25.4. The van der Waals surface area contributed by atoms with Gasteiger partial charge < -0.3 is 15.1 Å². The number of halogens is 1. The molecule has 0 radical (unpaired) electrons. The Labute approximate surface area is 194 Å². The molecule has 2 aliphatic heterocycles. The Kier molecular flexibility index (Phi) is 6.25. The molecule has 2 aromatic rings. The SMILES string of the molecule is Cc1cc(O)c(C2NNC3C(=O)N(CCCO)C(c4ccc(C(C)(C)C)cc4)C32)cc1Cl. The Morgan fingerprint density at radius 2 is 1.75 bits per heavy atom. The Bertz CT molecular complexity index is 1000. The van der Waals surface area contributed by atoms with Crippen molar-refractivity contribution in [2.24, 2.45) is 5.92 Å². The fraction of sp³-hybridized carbons (Fsp3) is 0.480. The first-order chi connectivity index (χ1) is 15.1. The summed E-state index contributed by atoms with van der Waals surface area (Å²) >= 11 is 6.38. The van der Waals surface area contributed by atoms with Gasteiger partial charge in [-0.2, -0.15) is 0 Å². The summed E-state index contributed by atoms with van der Waals surface area (Å²) in [5.41, 5.74) is 10.2. The molecule has 0 bridgehead atoms. The Balaban J connectivity index is 1.77. The minimum atomic E-state index is -0.425. The fourth-order valence-electron chi connectivity index (χ4n) is 4.97. The molecule has 4 atom stereocenters. The van der Waals surface area contributed by atoms with Crippen molar-refractivity contribution in [3.63, 3.8) is 0 Å². The van der Waals surface area contributed by atoms with Crippen LogP contribution in [0.4, 0.5) is 0 Å². The largest absolute Gasteiger partial charge is 0.508 e. The van der Waals surface area contributed by atoms with Gasteiger partial charge >= 0.3 is 0 Å². The van der Waals surface area contributed by atoms with Crippen molar-refractivity contribution < 1.29 is 15.0 Å². The van der Waals surface area contributed by atoms with Gasteiger partial charge in [0.15, 0.2) is 0 Å². The van der Waals surface area contributed by atoms with Crippen molar-refractivity contribution in [2.45, 2.75) is 57.7 Å². The topological polar surface area (TPSA) is 84.8 Å². The van der Waals surface area contributed by atoms with Gasteiger partial charge in [-0.1, -0.05) is 56.6 Å². The van der Waals surface area contributed by atoms with Crippen LogP contribution in [-0.4, -0.2) is 40.2 Å². The Morgan fingerprint density at radius 3 is 2.38 bits per heavy atom. The second kappa shape index (κ2) is 8.67. The molecule has 6 nitrogen and oxygen atoms in total.